The Morgan fingerprint density at radius 1 is 1.10 bits per heavy atom. The summed E-state index contributed by atoms with van der Waals surface area (Å²) in [5.74, 6) is 0.815. The predicted molar refractivity (Wildman–Crippen MR) is 83.8 cm³/mol. The van der Waals surface area contributed by atoms with E-state index in [0.717, 1.165) is 38.7 Å². The summed E-state index contributed by atoms with van der Waals surface area (Å²) in [5.41, 5.74) is 1.28. The molecule has 0 heterocycles. The number of hydrogen-bond acceptors (Lipinski definition) is 3. The Kier molecular flexibility index (Phi) is 7.06. The Balaban J connectivity index is 1.44. The highest BCUT2D eigenvalue weighted by atomic mass is 16.5. The molecule has 0 bridgehead atoms. The molecule has 1 aliphatic carbocycles. The van der Waals surface area contributed by atoms with Crippen LogP contribution >= 0.6 is 0 Å². The molecule has 0 radical (unpaired) electrons. The molecular formula is C17H28N2O. The maximum absolute atomic E-state index is 5.92. The molecule has 0 unspecified atom stereocenters. The number of ether oxygens (including phenoxy) is 1. The lowest BCUT2D eigenvalue weighted by molar-refractivity contribution is -0.0394. The van der Waals surface area contributed by atoms with Crippen LogP contribution in [-0.4, -0.2) is 32.3 Å². The van der Waals surface area contributed by atoms with Crippen LogP contribution in [0.2, 0.25) is 0 Å². The van der Waals surface area contributed by atoms with Crippen LogP contribution in [0.3, 0.4) is 0 Å². The maximum Gasteiger partial charge on any atom is 0.0720 e. The number of rotatable bonds is 10. The summed E-state index contributed by atoms with van der Waals surface area (Å²) in [4.78, 5) is 0. The maximum atomic E-state index is 5.92. The lowest BCUT2D eigenvalue weighted by Crippen LogP contribution is -2.38. The smallest absolute Gasteiger partial charge is 0.0720 e. The molecule has 3 heteroatoms. The van der Waals surface area contributed by atoms with Crippen LogP contribution in [0.4, 0.5) is 0 Å². The molecule has 1 aromatic carbocycles. The molecule has 0 amide bonds. The third kappa shape index (κ3) is 5.61. The Labute approximate surface area is 123 Å². The van der Waals surface area contributed by atoms with Crippen molar-refractivity contribution in [3.05, 3.63) is 35.9 Å². The van der Waals surface area contributed by atoms with Crippen molar-refractivity contribution >= 4 is 0 Å². The van der Waals surface area contributed by atoms with Gasteiger partial charge in [0, 0.05) is 0 Å². The highest BCUT2D eigenvalue weighted by molar-refractivity contribution is 5.13. The van der Waals surface area contributed by atoms with Gasteiger partial charge in [-0.15, -0.1) is 0 Å². The molecule has 1 fully saturated rings. The normalized spacial score (nSPS) is 21.6. The summed E-state index contributed by atoms with van der Waals surface area (Å²) in [6.45, 7) is 7.38. The number of nitrogens with one attached hydrogen (secondary N) is 2. The van der Waals surface area contributed by atoms with Gasteiger partial charge in [-0.25, -0.2) is 0 Å². The van der Waals surface area contributed by atoms with E-state index in [1.807, 2.05) is 6.07 Å². The average Bonchev–Trinajstić information content (AvgIpc) is 2.44. The van der Waals surface area contributed by atoms with E-state index < -0.39 is 0 Å². The van der Waals surface area contributed by atoms with Gasteiger partial charge in [0.1, 0.15) is 0 Å². The van der Waals surface area contributed by atoms with Crippen molar-refractivity contribution < 1.29 is 4.74 Å². The van der Waals surface area contributed by atoms with E-state index >= 15 is 0 Å². The molecule has 0 saturated heterocycles. The molecule has 20 heavy (non-hydrogen) atoms. The van der Waals surface area contributed by atoms with Gasteiger partial charge in [0.25, 0.3) is 0 Å². The zero-order valence-electron chi connectivity index (χ0n) is 12.6. The predicted octanol–water partition coefficient (Wildman–Crippen LogP) is 2.57. The molecule has 0 aliphatic heterocycles. The lowest BCUT2D eigenvalue weighted by Gasteiger charge is -2.35. The fourth-order valence-electron chi connectivity index (χ4n) is 2.59. The van der Waals surface area contributed by atoms with Crippen molar-refractivity contribution in [2.24, 2.45) is 5.92 Å². The fourth-order valence-corrected chi connectivity index (χ4v) is 2.59. The van der Waals surface area contributed by atoms with E-state index in [2.05, 4.69) is 41.8 Å². The number of hydrogen-bond donors (Lipinski definition) is 2. The first-order valence-electron chi connectivity index (χ1n) is 7.95. The Bertz CT molecular complexity index is 349. The average molecular weight is 276 g/mol. The van der Waals surface area contributed by atoms with Crippen LogP contribution in [0.25, 0.3) is 0 Å². The van der Waals surface area contributed by atoms with Gasteiger partial charge < -0.3 is 15.4 Å². The van der Waals surface area contributed by atoms with Gasteiger partial charge in [-0.1, -0.05) is 37.3 Å². The quantitative estimate of drug-likeness (QED) is 0.644. The highest BCUT2D eigenvalue weighted by Gasteiger charge is 2.29. The van der Waals surface area contributed by atoms with Crippen LogP contribution < -0.4 is 10.6 Å². The van der Waals surface area contributed by atoms with E-state index in [4.69, 9.17) is 4.74 Å². The third-order valence-electron chi connectivity index (χ3n) is 3.91. The Morgan fingerprint density at radius 3 is 2.60 bits per heavy atom. The van der Waals surface area contributed by atoms with E-state index in [1.54, 1.807) is 0 Å². The molecule has 2 N–H and O–H groups in total. The minimum absolute atomic E-state index is 0.476. The summed E-state index contributed by atoms with van der Waals surface area (Å²) in [5, 5.41) is 6.89. The largest absolute Gasteiger partial charge is 0.374 e. The van der Waals surface area contributed by atoms with E-state index in [9.17, 15) is 0 Å². The van der Waals surface area contributed by atoms with Gasteiger partial charge in [0.15, 0.2) is 0 Å². The second kappa shape index (κ2) is 9.11. The molecule has 112 valence electrons. The van der Waals surface area contributed by atoms with Crippen molar-refractivity contribution in [1.82, 2.24) is 10.6 Å². The summed E-state index contributed by atoms with van der Waals surface area (Å²) in [7, 11) is 0. The fraction of sp³-hybridized carbons (Fsp3) is 0.647. The van der Waals surface area contributed by atoms with Crippen molar-refractivity contribution in [2.45, 2.75) is 38.9 Å². The molecule has 0 spiro atoms. The van der Waals surface area contributed by atoms with E-state index in [1.165, 1.54) is 24.8 Å². The minimum atomic E-state index is 0.476. The Morgan fingerprint density at radius 2 is 1.85 bits per heavy atom. The van der Waals surface area contributed by atoms with Crippen molar-refractivity contribution in [3.63, 3.8) is 0 Å². The van der Waals surface area contributed by atoms with Gasteiger partial charge in [-0.3, -0.25) is 0 Å². The first kappa shape index (κ1) is 15.5. The molecule has 2 rings (SSSR count). The summed E-state index contributed by atoms with van der Waals surface area (Å²) < 4.78 is 5.92. The van der Waals surface area contributed by atoms with E-state index in [-0.39, 0.29) is 0 Å². The SMILES string of the molecule is CCNCCCNCC1CC(OCc2ccccc2)C1. The Hall–Kier alpha value is -0.900. The summed E-state index contributed by atoms with van der Waals surface area (Å²) in [6, 6.07) is 10.4. The van der Waals surface area contributed by atoms with Crippen molar-refractivity contribution in [3.8, 4) is 0 Å². The highest BCUT2D eigenvalue weighted by Crippen LogP contribution is 2.30. The topological polar surface area (TPSA) is 33.3 Å². The van der Waals surface area contributed by atoms with Gasteiger partial charge in [-0.05, 0) is 56.9 Å². The molecule has 0 aromatic heterocycles. The summed E-state index contributed by atoms with van der Waals surface area (Å²) >= 11 is 0. The van der Waals surface area contributed by atoms with Crippen LogP contribution in [0.1, 0.15) is 31.7 Å². The molecule has 1 saturated carbocycles. The lowest BCUT2D eigenvalue weighted by atomic mass is 9.82. The van der Waals surface area contributed by atoms with E-state index in [0.29, 0.717) is 6.10 Å². The second-order valence-corrected chi connectivity index (χ2v) is 5.67. The molecular weight excluding hydrogens is 248 g/mol. The van der Waals surface area contributed by atoms with Crippen molar-refractivity contribution in [2.75, 3.05) is 26.2 Å². The first-order chi connectivity index (χ1) is 9.88. The van der Waals surface area contributed by atoms with Gasteiger partial charge >= 0.3 is 0 Å². The van der Waals surface area contributed by atoms with Gasteiger partial charge in [0.05, 0.1) is 12.7 Å². The van der Waals surface area contributed by atoms with Crippen LogP contribution in [0.5, 0.6) is 0 Å². The summed E-state index contributed by atoms with van der Waals surface area (Å²) in [6.07, 6.45) is 4.12. The van der Waals surface area contributed by atoms with Crippen molar-refractivity contribution in [1.29, 1.82) is 0 Å². The first-order valence-corrected chi connectivity index (χ1v) is 7.95. The van der Waals surface area contributed by atoms with Gasteiger partial charge in [-0.2, -0.15) is 0 Å². The van der Waals surface area contributed by atoms with Crippen LogP contribution in [-0.2, 0) is 11.3 Å². The minimum Gasteiger partial charge on any atom is -0.374 e. The second-order valence-electron chi connectivity index (χ2n) is 5.67. The third-order valence-corrected chi connectivity index (χ3v) is 3.91. The number of benzene rings is 1. The molecule has 0 atom stereocenters. The van der Waals surface area contributed by atoms with Crippen LogP contribution in [0, 0.1) is 5.92 Å². The van der Waals surface area contributed by atoms with Gasteiger partial charge in [0.2, 0.25) is 0 Å². The zero-order valence-corrected chi connectivity index (χ0v) is 12.6. The zero-order chi connectivity index (χ0) is 14.0. The standard InChI is InChI=1S/C17H28N2O/c1-2-18-9-6-10-19-13-16-11-17(12-16)20-14-15-7-4-3-5-8-15/h3-5,7-8,16-19H,2,6,9-14H2,1H3. The molecule has 1 aliphatic rings. The molecule has 1 aromatic rings. The van der Waals surface area contributed by atoms with Crippen LogP contribution in [0.15, 0.2) is 30.3 Å². The monoisotopic (exact) mass is 276 g/mol. The molecule has 3 nitrogen and oxygen atoms in total.